The van der Waals surface area contributed by atoms with E-state index in [2.05, 4.69) is 72.4 Å². The third-order valence-electron chi connectivity index (χ3n) is 6.17. The predicted molar refractivity (Wildman–Crippen MR) is 194 cm³/mol. The molecule has 0 N–H and O–H groups in total. The maximum atomic E-state index is 4.23. The average Bonchev–Trinajstić information content (AvgIpc) is 3.66. The van der Waals surface area contributed by atoms with Crippen molar-refractivity contribution in [3.63, 3.8) is 0 Å². The number of hydrogen-bond acceptors (Lipinski definition) is 4. The summed E-state index contributed by atoms with van der Waals surface area (Å²) < 4.78 is 4.53. The molecule has 0 aliphatic carbocycles. The van der Waals surface area contributed by atoms with Crippen molar-refractivity contribution < 1.29 is 0 Å². The van der Waals surface area contributed by atoms with Crippen molar-refractivity contribution in [3.05, 3.63) is 104 Å². The van der Waals surface area contributed by atoms with Gasteiger partial charge in [-0.1, -0.05) is 87.4 Å². The smallest absolute Gasteiger partial charge is 0.0572 e. The molecule has 0 unspecified atom stereocenters. The molecule has 6 heterocycles. The maximum Gasteiger partial charge on any atom is 0.0572 e. The van der Waals surface area contributed by atoms with E-state index in [9.17, 15) is 0 Å². The van der Waals surface area contributed by atoms with Crippen molar-refractivity contribution in [3.8, 4) is 5.69 Å². The molecule has 0 amide bonds. The number of nitrogens with zero attached hydrogens (tertiary/aromatic N) is 6. The highest BCUT2D eigenvalue weighted by molar-refractivity contribution is 6.08. The summed E-state index contributed by atoms with van der Waals surface area (Å²) in [5.41, 5.74) is 5.93. The molecule has 0 radical (unpaired) electrons. The summed E-state index contributed by atoms with van der Waals surface area (Å²) in [4.78, 5) is 16.8. The number of aryl methyl sites for hydroxylation is 1. The molecule has 7 aromatic rings. The van der Waals surface area contributed by atoms with Crippen molar-refractivity contribution in [2.24, 2.45) is 0 Å². The Morgan fingerprint density at radius 1 is 0.432 bits per heavy atom. The Labute approximate surface area is 264 Å². The highest BCUT2D eigenvalue weighted by Gasteiger charge is 2.11. The van der Waals surface area contributed by atoms with Gasteiger partial charge in [-0.2, -0.15) is 0 Å². The fourth-order valence-corrected chi connectivity index (χ4v) is 4.69. The zero-order chi connectivity index (χ0) is 32.9. The van der Waals surface area contributed by atoms with Crippen LogP contribution in [0.1, 0.15) is 76.2 Å². The lowest BCUT2D eigenvalue weighted by atomic mass is 10.2. The molecule has 0 saturated heterocycles. The summed E-state index contributed by atoms with van der Waals surface area (Å²) in [5, 5.41) is 4.63. The molecular weight excluding hydrogens is 540 g/mol. The van der Waals surface area contributed by atoms with Gasteiger partial charge in [-0.3, -0.25) is 19.9 Å². The monoisotopic (exact) mass is 592 g/mol. The quantitative estimate of drug-likeness (QED) is 0.200. The first-order chi connectivity index (χ1) is 21.9. The Kier molecular flexibility index (Phi) is 18.0. The number of rotatable bonds is 2. The van der Waals surface area contributed by atoms with Crippen LogP contribution in [0.2, 0.25) is 0 Å². The Hall–Kier alpha value is -4.58. The Bertz CT molecular complexity index is 1640. The van der Waals surface area contributed by atoms with E-state index in [1.54, 1.807) is 0 Å². The van der Waals surface area contributed by atoms with E-state index in [1.807, 2.05) is 137 Å². The zero-order valence-electron chi connectivity index (χ0n) is 28.7. The summed E-state index contributed by atoms with van der Waals surface area (Å²) >= 11 is 0. The first kappa shape index (κ1) is 37.4. The van der Waals surface area contributed by atoms with Gasteiger partial charge < -0.3 is 9.13 Å². The van der Waals surface area contributed by atoms with Gasteiger partial charge in [0, 0.05) is 83.4 Å². The minimum Gasteiger partial charge on any atom is -0.341 e. The van der Waals surface area contributed by atoms with Gasteiger partial charge in [0.1, 0.15) is 0 Å². The van der Waals surface area contributed by atoms with Gasteiger partial charge in [0.15, 0.2) is 0 Å². The molecule has 0 saturated carbocycles. The summed E-state index contributed by atoms with van der Waals surface area (Å²) in [6.45, 7) is 23.1. The average molecular weight is 593 g/mol. The fraction of sp³-hybridized carbons (Fsp3) is 0.316. The fourth-order valence-electron chi connectivity index (χ4n) is 4.69. The maximum absolute atomic E-state index is 4.23. The largest absolute Gasteiger partial charge is 0.341 e. The molecule has 234 valence electrons. The van der Waals surface area contributed by atoms with Crippen LogP contribution in [0.3, 0.4) is 0 Å². The first-order valence-electron chi connectivity index (χ1n) is 16.3. The second-order valence-corrected chi connectivity index (χ2v) is 7.99. The van der Waals surface area contributed by atoms with E-state index in [0.29, 0.717) is 0 Å². The van der Waals surface area contributed by atoms with Gasteiger partial charge in [0.05, 0.1) is 22.1 Å². The second-order valence-electron chi connectivity index (χ2n) is 7.99. The van der Waals surface area contributed by atoms with Crippen molar-refractivity contribution in [1.82, 2.24) is 29.1 Å². The Balaban J connectivity index is 0.000000349. The van der Waals surface area contributed by atoms with Crippen LogP contribution in [-0.4, -0.2) is 29.1 Å². The number of hydrogen-bond donors (Lipinski definition) is 0. The number of pyridine rings is 4. The number of aromatic nitrogens is 6. The molecule has 7 rings (SSSR count). The van der Waals surface area contributed by atoms with Gasteiger partial charge >= 0.3 is 0 Å². The van der Waals surface area contributed by atoms with E-state index in [4.69, 9.17) is 0 Å². The lowest BCUT2D eigenvalue weighted by Gasteiger charge is -2.06. The van der Waals surface area contributed by atoms with Gasteiger partial charge in [-0.15, -0.1) is 0 Å². The van der Waals surface area contributed by atoms with E-state index < -0.39 is 0 Å². The topological polar surface area (TPSA) is 61.4 Å². The van der Waals surface area contributed by atoms with Crippen LogP contribution in [0.5, 0.6) is 0 Å². The van der Waals surface area contributed by atoms with Crippen molar-refractivity contribution in [2.45, 2.75) is 82.7 Å². The summed E-state index contributed by atoms with van der Waals surface area (Å²) in [7, 11) is 0. The Morgan fingerprint density at radius 2 is 0.750 bits per heavy atom. The third kappa shape index (κ3) is 8.28. The molecule has 44 heavy (non-hydrogen) atoms. The van der Waals surface area contributed by atoms with Crippen LogP contribution in [-0.2, 0) is 6.54 Å². The summed E-state index contributed by atoms with van der Waals surface area (Å²) in [5.74, 6) is 0. The van der Waals surface area contributed by atoms with Crippen LogP contribution in [0.4, 0.5) is 0 Å². The predicted octanol–water partition coefficient (Wildman–Crippen LogP) is 11.3. The molecule has 1 aromatic carbocycles. The molecule has 6 nitrogen and oxygen atoms in total. The Morgan fingerprint density at radius 3 is 1.09 bits per heavy atom. The van der Waals surface area contributed by atoms with Gasteiger partial charge in [-0.05, 0) is 43.3 Å². The van der Waals surface area contributed by atoms with Crippen LogP contribution < -0.4 is 0 Å². The molecular formula is C38H52N6. The van der Waals surface area contributed by atoms with E-state index >= 15 is 0 Å². The van der Waals surface area contributed by atoms with E-state index in [-0.39, 0.29) is 0 Å². The first-order valence-corrected chi connectivity index (χ1v) is 16.3. The van der Waals surface area contributed by atoms with Gasteiger partial charge in [0.2, 0.25) is 0 Å². The lowest BCUT2D eigenvalue weighted by Crippen LogP contribution is -1.92. The SMILES string of the molecule is CC.CC.CC.CC.CC.CCn1c2ccncc2c2cnccc21.c1ccc(-n2c3ccncc3c3cnccc32)cc1. The molecule has 0 atom stereocenters. The van der Waals surface area contributed by atoms with Gasteiger partial charge in [0.25, 0.3) is 0 Å². The van der Waals surface area contributed by atoms with Crippen molar-refractivity contribution in [2.75, 3.05) is 0 Å². The van der Waals surface area contributed by atoms with Crippen LogP contribution in [0, 0.1) is 0 Å². The third-order valence-corrected chi connectivity index (χ3v) is 6.17. The summed E-state index contributed by atoms with van der Waals surface area (Å²) in [6.07, 6.45) is 14.9. The lowest BCUT2D eigenvalue weighted by molar-refractivity contribution is 0.826. The minimum absolute atomic E-state index is 0.966. The van der Waals surface area contributed by atoms with Crippen LogP contribution in [0.15, 0.2) is 104 Å². The highest BCUT2D eigenvalue weighted by atomic mass is 15.0. The van der Waals surface area contributed by atoms with Crippen molar-refractivity contribution >= 4 is 43.6 Å². The van der Waals surface area contributed by atoms with E-state index in [0.717, 1.165) is 34.0 Å². The molecule has 0 aliphatic rings. The number of benzene rings is 1. The molecule has 0 bridgehead atoms. The highest BCUT2D eigenvalue weighted by Crippen LogP contribution is 2.30. The molecule has 6 aromatic heterocycles. The minimum atomic E-state index is 0.966. The number of para-hydroxylation sites is 1. The molecule has 0 aliphatic heterocycles. The van der Waals surface area contributed by atoms with E-state index in [1.165, 1.54) is 21.8 Å². The normalized spacial score (nSPS) is 9.34. The molecule has 0 spiro atoms. The summed E-state index contributed by atoms with van der Waals surface area (Å²) in [6, 6.07) is 18.5. The van der Waals surface area contributed by atoms with Gasteiger partial charge in [-0.25, -0.2) is 0 Å². The molecule has 0 fully saturated rings. The van der Waals surface area contributed by atoms with Crippen molar-refractivity contribution in [1.29, 1.82) is 0 Å². The van der Waals surface area contributed by atoms with Crippen LogP contribution >= 0.6 is 0 Å². The second kappa shape index (κ2) is 21.2. The zero-order valence-corrected chi connectivity index (χ0v) is 28.7. The molecule has 6 heteroatoms. The standard InChI is InChI=1S/C16H11N3.C12H11N3.5C2H6/c1-2-4-12(5-3-1)19-15-6-8-17-10-13(15)14-11-18-9-7-16(14)19;1-2-15-11-3-5-13-7-9(11)10-8-14-6-4-12(10)15;5*1-2/h1-11H;3-8H,2H2,1H3;5*1-2H3. The number of fused-ring (bicyclic) bond motifs is 6. The van der Waals surface area contributed by atoms with Crippen LogP contribution in [0.25, 0.3) is 49.3 Å².